The fourth-order valence-electron chi connectivity index (χ4n) is 3.18. The number of aromatic nitrogens is 1. The van der Waals surface area contributed by atoms with Gasteiger partial charge in [0.15, 0.2) is 5.60 Å². The summed E-state index contributed by atoms with van der Waals surface area (Å²) in [5.74, 6) is -1.55. The lowest BCUT2D eigenvalue weighted by atomic mass is 9.91. The minimum absolute atomic E-state index is 0.0903. The Morgan fingerprint density at radius 2 is 2.10 bits per heavy atom. The fraction of sp³-hybridized carbons (Fsp3) is 0.250. The average Bonchev–Trinajstić information content (AvgIpc) is 3.52. The van der Waals surface area contributed by atoms with Crippen LogP contribution in [0.25, 0.3) is 0 Å². The normalized spacial score (nSPS) is 19.7. The van der Waals surface area contributed by atoms with Crippen molar-refractivity contribution in [3.8, 4) is 6.07 Å². The second-order valence-corrected chi connectivity index (χ2v) is 7.03. The largest absolute Gasteiger partial charge is 0.374 e. The molecule has 1 aromatic heterocycles. The number of carbonyl (C=O) groups excluding carboxylic acids is 3. The molecule has 0 radical (unpaired) electrons. The van der Waals surface area contributed by atoms with Crippen LogP contribution in [0.4, 0.5) is 17.1 Å². The highest BCUT2D eigenvalue weighted by Crippen LogP contribution is 2.45. The fourth-order valence-corrected chi connectivity index (χ4v) is 3.18. The third-order valence-electron chi connectivity index (χ3n) is 4.89. The number of hydrogen-bond acceptors (Lipinski definition) is 6. The van der Waals surface area contributed by atoms with Crippen molar-refractivity contribution in [2.45, 2.75) is 24.9 Å². The van der Waals surface area contributed by atoms with E-state index in [0.29, 0.717) is 0 Å². The smallest absolute Gasteiger partial charge is 0.274 e. The van der Waals surface area contributed by atoms with Crippen LogP contribution >= 0.6 is 0 Å². The molecule has 1 saturated carbocycles. The molecule has 2 aromatic rings. The number of fused-ring (bicyclic) bond motifs is 1. The molecule has 29 heavy (non-hydrogen) atoms. The molecule has 2 heterocycles. The van der Waals surface area contributed by atoms with Crippen LogP contribution < -0.4 is 16.0 Å². The van der Waals surface area contributed by atoms with Crippen molar-refractivity contribution in [1.29, 1.82) is 5.26 Å². The lowest BCUT2D eigenvalue weighted by molar-refractivity contribution is -0.133. The number of nitrogens with one attached hydrogen (secondary N) is 3. The van der Waals surface area contributed by atoms with Gasteiger partial charge in [-0.1, -0.05) is 6.07 Å². The molecule has 1 atom stereocenters. The van der Waals surface area contributed by atoms with Crippen molar-refractivity contribution in [2.75, 3.05) is 16.0 Å². The Morgan fingerprint density at radius 1 is 1.31 bits per heavy atom. The van der Waals surface area contributed by atoms with Crippen LogP contribution in [0.15, 0.2) is 36.5 Å². The van der Waals surface area contributed by atoms with Gasteiger partial charge in [0.2, 0.25) is 5.91 Å². The second-order valence-electron chi connectivity index (χ2n) is 7.03. The molecule has 1 aliphatic carbocycles. The van der Waals surface area contributed by atoms with Crippen LogP contribution in [0.3, 0.4) is 0 Å². The van der Waals surface area contributed by atoms with Gasteiger partial charge in [-0.25, -0.2) is 0 Å². The molecule has 9 nitrogen and oxygen atoms in total. The first-order valence-corrected chi connectivity index (χ1v) is 9.05. The van der Waals surface area contributed by atoms with E-state index in [9.17, 15) is 19.5 Å². The van der Waals surface area contributed by atoms with E-state index in [1.54, 1.807) is 18.2 Å². The number of anilines is 3. The predicted octanol–water partition coefficient (Wildman–Crippen LogP) is 1.74. The first kappa shape index (κ1) is 18.6. The molecule has 1 aliphatic heterocycles. The molecule has 4 rings (SSSR count). The predicted molar refractivity (Wildman–Crippen MR) is 103 cm³/mol. The topological polar surface area (TPSA) is 144 Å². The quantitative estimate of drug-likeness (QED) is 0.611. The first-order chi connectivity index (χ1) is 13.9. The van der Waals surface area contributed by atoms with E-state index >= 15 is 0 Å². The van der Waals surface area contributed by atoms with Gasteiger partial charge < -0.3 is 21.1 Å². The highest BCUT2D eigenvalue weighted by atomic mass is 16.3. The molecule has 1 aromatic carbocycles. The van der Waals surface area contributed by atoms with Crippen molar-refractivity contribution < 1.29 is 19.5 Å². The van der Waals surface area contributed by atoms with Gasteiger partial charge in [-0.3, -0.25) is 19.4 Å². The number of nitriles is 1. The number of amides is 3. The van der Waals surface area contributed by atoms with Crippen molar-refractivity contribution >= 4 is 34.8 Å². The van der Waals surface area contributed by atoms with E-state index < -0.39 is 23.8 Å². The summed E-state index contributed by atoms with van der Waals surface area (Å²) < 4.78 is 0. The third-order valence-corrected chi connectivity index (χ3v) is 4.89. The maximum atomic E-state index is 12.5. The van der Waals surface area contributed by atoms with Crippen molar-refractivity contribution in [3.63, 3.8) is 0 Å². The minimum Gasteiger partial charge on any atom is -0.374 e. The number of carbonyl (C=O) groups is 3. The molecule has 3 amide bonds. The summed E-state index contributed by atoms with van der Waals surface area (Å²) >= 11 is 0. The van der Waals surface area contributed by atoms with Gasteiger partial charge in [0.05, 0.1) is 23.9 Å². The lowest BCUT2D eigenvalue weighted by Crippen LogP contribution is -2.33. The van der Waals surface area contributed by atoms with E-state index in [-0.39, 0.29) is 40.1 Å². The Morgan fingerprint density at radius 3 is 2.76 bits per heavy atom. The van der Waals surface area contributed by atoms with Crippen LogP contribution in [0.2, 0.25) is 0 Å². The number of nitrogens with zero attached hydrogens (tertiary/aromatic N) is 2. The van der Waals surface area contributed by atoms with E-state index in [1.165, 1.54) is 24.4 Å². The zero-order chi connectivity index (χ0) is 20.6. The summed E-state index contributed by atoms with van der Waals surface area (Å²) in [6, 6.07) is 9.60. The van der Waals surface area contributed by atoms with Crippen LogP contribution in [0, 0.1) is 17.2 Å². The third kappa shape index (κ3) is 3.41. The van der Waals surface area contributed by atoms with E-state index in [4.69, 9.17) is 5.26 Å². The molecule has 1 fully saturated rings. The maximum Gasteiger partial charge on any atom is 0.274 e. The number of pyridine rings is 1. The average molecular weight is 391 g/mol. The van der Waals surface area contributed by atoms with E-state index in [2.05, 4.69) is 20.9 Å². The molecule has 146 valence electrons. The van der Waals surface area contributed by atoms with Crippen molar-refractivity contribution in [1.82, 2.24) is 4.98 Å². The maximum absolute atomic E-state index is 12.5. The van der Waals surface area contributed by atoms with Crippen LogP contribution in [-0.4, -0.2) is 27.8 Å². The highest BCUT2D eigenvalue weighted by Gasteiger charge is 2.47. The zero-order valence-electron chi connectivity index (χ0n) is 15.2. The summed E-state index contributed by atoms with van der Waals surface area (Å²) in [5, 5.41) is 27.8. The summed E-state index contributed by atoms with van der Waals surface area (Å²) in [5.41, 5.74) is -1.06. The first-order valence-electron chi connectivity index (χ1n) is 9.05. The molecule has 4 N–H and O–H groups in total. The Kier molecular flexibility index (Phi) is 4.48. The lowest BCUT2D eigenvalue weighted by Gasteiger charge is -2.19. The highest BCUT2D eigenvalue weighted by molar-refractivity contribution is 6.12. The van der Waals surface area contributed by atoms with Gasteiger partial charge in [-0.15, -0.1) is 0 Å². The van der Waals surface area contributed by atoms with E-state index in [1.807, 2.05) is 0 Å². The van der Waals surface area contributed by atoms with Gasteiger partial charge in [-0.2, -0.15) is 5.26 Å². The van der Waals surface area contributed by atoms with Gasteiger partial charge in [0.1, 0.15) is 5.69 Å². The summed E-state index contributed by atoms with van der Waals surface area (Å²) in [4.78, 5) is 41.1. The molecule has 1 unspecified atom stereocenters. The molecule has 0 bridgehead atoms. The summed E-state index contributed by atoms with van der Waals surface area (Å²) in [6.45, 7) is 0. The van der Waals surface area contributed by atoms with Crippen molar-refractivity contribution in [2.24, 2.45) is 5.92 Å². The molecule has 0 spiro atoms. The van der Waals surface area contributed by atoms with Crippen LogP contribution in [-0.2, 0) is 15.2 Å². The van der Waals surface area contributed by atoms with Crippen LogP contribution in [0.5, 0.6) is 0 Å². The molecule has 2 aliphatic rings. The Bertz CT molecular complexity index is 1060. The standard InChI is InChI=1S/C20H17N5O4/c21-7-6-20(29)13-9-12(23-18(27)14-3-1-2-8-22-14)10-15(16(13)25-19(20)28)24-17(26)11-4-5-11/h1-3,8-11,29H,4-6H2,(H,23,27)(H,24,26)(H,25,28). The van der Waals surface area contributed by atoms with Gasteiger partial charge in [0, 0.05) is 23.4 Å². The Balaban J connectivity index is 1.73. The van der Waals surface area contributed by atoms with Gasteiger partial charge in [-0.05, 0) is 37.1 Å². The monoisotopic (exact) mass is 391 g/mol. The zero-order valence-corrected chi connectivity index (χ0v) is 15.2. The van der Waals surface area contributed by atoms with E-state index in [0.717, 1.165) is 12.8 Å². The van der Waals surface area contributed by atoms with Gasteiger partial charge in [0.25, 0.3) is 11.8 Å². The molecule has 9 heteroatoms. The molecular formula is C20H17N5O4. The molecular weight excluding hydrogens is 374 g/mol. The van der Waals surface area contributed by atoms with Crippen LogP contribution in [0.1, 0.15) is 35.3 Å². The number of benzene rings is 1. The summed E-state index contributed by atoms with van der Waals surface area (Å²) in [6.07, 6.45) is 2.58. The minimum atomic E-state index is -2.07. The second kappa shape index (κ2) is 7.00. The summed E-state index contributed by atoms with van der Waals surface area (Å²) in [7, 11) is 0. The Labute approximate surface area is 165 Å². The Hall–Kier alpha value is -3.77. The molecule has 0 saturated heterocycles. The number of rotatable bonds is 5. The number of aliphatic hydroxyl groups is 1. The van der Waals surface area contributed by atoms with Gasteiger partial charge >= 0.3 is 0 Å². The van der Waals surface area contributed by atoms with Crippen molar-refractivity contribution in [3.05, 3.63) is 47.8 Å². The SMILES string of the molecule is N#CCC1(O)C(=O)Nc2c(NC(=O)C3CC3)cc(NC(=O)c3ccccn3)cc21. The number of hydrogen-bond donors (Lipinski definition) is 4.